The lowest BCUT2D eigenvalue weighted by Crippen LogP contribution is -2.37. The van der Waals surface area contributed by atoms with Crippen molar-refractivity contribution < 1.29 is 9.90 Å². The maximum absolute atomic E-state index is 11.4. The van der Waals surface area contributed by atoms with Crippen LogP contribution in [0.25, 0.3) is 0 Å². The first-order chi connectivity index (χ1) is 8.66. The number of carbonyl (C=O) groups is 1. The molecule has 0 amide bonds. The Balaban J connectivity index is 2.05. The van der Waals surface area contributed by atoms with Gasteiger partial charge in [0.2, 0.25) is 0 Å². The highest BCUT2D eigenvalue weighted by molar-refractivity contribution is 5.77. The predicted molar refractivity (Wildman–Crippen MR) is 72.8 cm³/mol. The van der Waals surface area contributed by atoms with Gasteiger partial charge in [-0.1, -0.05) is 37.0 Å². The minimum atomic E-state index is -0.734. The highest BCUT2D eigenvalue weighted by atomic mass is 16.4. The number of aliphatic carboxylic acids is 1. The first-order valence-electron chi connectivity index (χ1n) is 6.73. The van der Waals surface area contributed by atoms with Crippen molar-refractivity contribution in [2.45, 2.75) is 45.1 Å². The van der Waals surface area contributed by atoms with Gasteiger partial charge in [0, 0.05) is 5.69 Å². The van der Waals surface area contributed by atoms with Crippen molar-refractivity contribution >= 4 is 11.7 Å². The molecule has 0 aliphatic heterocycles. The number of aryl methyl sites for hydroxylation is 1. The number of hydrogen-bond acceptors (Lipinski definition) is 2. The molecule has 0 bridgehead atoms. The first kappa shape index (κ1) is 12.9. The van der Waals surface area contributed by atoms with E-state index >= 15 is 0 Å². The van der Waals surface area contributed by atoms with E-state index in [1.807, 2.05) is 31.2 Å². The fraction of sp³-hybridized carbons (Fsp3) is 0.533. The molecule has 98 valence electrons. The minimum Gasteiger partial charge on any atom is -0.480 e. The standard InChI is InChI=1S/C15H21NO2/c1-11-7-9-13(10-8-11)16-14(15(17)18)12-5-3-2-4-6-12/h7-10,12,14,16H,2-6H2,1H3,(H,17,18). The highest BCUT2D eigenvalue weighted by Gasteiger charge is 2.29. The minimum absolute atomic E-state index is 0.262. The molecule has 0 aromatic heterocycles. The Morgan fingerprint density at radius 2 is 1.83 bits per heavy atom. The first-order valence-corrected chi connectivity index (χ1v) is 6.73. The largest absolute Gasteiger partial charge is 0.480 e. The maximum Gasteiger partial charge on any atom is 0.326 e. The SMILES string of the molecule is Cc1ccc(NC(C(=O)O)C2CCCCC2)cc1. The van der Waals surface area contributed by atoms with Crippen molar-refractivity contribution in [1.82, 2.24) is 0 Å². The van der Waals surface area contributed by atoms with Crippen LogP contribution in [0.15, 0.2) is 24.3 Å². The van der Waals surface area contributed by atoms with E-state index in [1.165, 1.54) is 12.0 Å². The lowest BCUT2D eigenvalue weighted by atomic mass is 9.84. The molecule has 0 heterocycles. The second kappa shape index (κ2) is 5.89. The summed E-state index contributed by atoms with van der Waals surface area (Å²) >= 11 is 0. The van der Waals surface area contributed by atoms with Crippen LogP contribution in [0, 0.1) is 12.8 Å². The third kappa shape index (κ3) is 3.25. The third-order valence-electron chi connectivity index (χ3n) is 3.76. The highest BCUT2D eigenvalue weighted by Crippen LogP contribution is 2.28. The van der Waals surface area contributed by atoms with Crippen LogP contribution in [-0.4, -0.2) is 17.1 Å². The summed E-state index contributed by atoms with van der Waals surface area (Å²) in [6, 6.07) is 7.46. The van der Waals surface area contributed by atoms with Gasteiger partial charge in [-0.05, 0) is 37.8 Å². The van der Waals surface area contributed by atoms with Crippen LogP contribution in [0.3, 0.4) is 0 Å². The molecular weight excluding hydrogens is 226 g/mol. The lowest BCUT2D eigenvalue weighted by Gasteiger charge is -2.28. The van der Waals surface area contributed by atoms with E-state index in [-0.39, 0.29) is 5.92 Å². The Morgan fingerprint density at radius 3 is 2.39 bits per heavy atom. The second-order valence-corrected chi connectivity index (χ2v) is 5.22. The van der Waals surface area contributed by atoms with Crippen LogP contribution in [-0.2, 0) is 4.79 Å². The molecule has 3 heteroatoms. The zero-order valence-corrected chi connectivity index (χ0v) is 10.9. The van der Waals surface area contributed by atoms with E-state index in [2.05, 4.69) is 5.32 Å². The normalized spacial score (nSPS) is 18.3. The Bertz CT molecular complexity index is 393. The summed E-state index contributed by atoms with van der Waals surface area (Å²) < 4.78 is 0. The zero-order chi connectivity index (χ0) is 13.0. The predicted octanol–water partition coefficient (Wildman–Crippen LogP) is 3.44. The molecule has 0 spiro atoms. The molecule has 18 heavy (non-hydrogen) atoms. The van der Waals surface area contributed by atoms with Gasteiger partial charge in [0.1, 0.15) is 6.04 Å². The van der Waals surface area contributed by atoms with Gasteiger partial charge in [-0.25, -0.2) is 4.79 Å². The third-order valence-corrected chi connectivity index (χ3v) is 3.76. The number of carboxylic acid groups (broad SMARTS) is 1. The van der Waals surface area contributed by atoms with Crippen molar-refractivity contribution in [2.24, 2.45) is 5.92 Å². The van der Waals surface area contributed by atoms with E-state index in [0.717, 1.165) is 31.4 Å². The number of anilines is 1. The summed E-state index contributed by atoms with van der Waals surface area (Å²) in [6.45, 7) is 2.03. The molecule has 0 saturated heterocycles. The lowest BCUT2D eigenvalue weighted by molar-refractivity contribution is -0.139. The smallest absolute Gasteiger partial charge is 0.326 e. The molecule has 1 atom stereocenters. The molecule has 0 radical (unpaired) electrons. The summed E-state index contributed by atoms with van der Waals surface area (Å²) in [5.41, 5.74) is 2.09. The van der Waals surface area contributed by atoms with Crippen LogP contribution < -0.4 is 5.32 Å². The average molecular weight is 247 g/mol. The molecule has 1 aliphatic carbocycles. The van der Waals surface area contributed by atoms with Crippen molar-refractivity contribution in [2.75, 3.05) is 5.32 Å². The summed E-state index contributed by atoms with van der Waals surface area (Å²) in [4.78, 5) is 11.4. The van der Waals surface area contributed by atoms with Gasteiger partial charge in [-0.2, -0.15) is 0 Å². The van der Waals surface area contributed by atoms with E-state index in [9.17, 15) is 9.90 Å². The molecule has 1 aromatic carbocycles. The number of hydrogen-bond donors (Lipinski definition) is 2. The van der Waals surface area contributed by atoms with E-state index in [1.54, 1.807) is 0 Å². The fourth-order valence-corrected chi connectivity index (χ4v) is 2.68. The summed E-state index contributed by atoms with van der Waals surface area (Å²) in [7, 11) is 0. The molecule has 1 fully saturated rings. The number of carboxylic acids is 1. The Kier molecular flexibility index (Phi) is 4.24. The fourth-order valence-electron chi connectivity index (χ4n) is 2.68. The van der Waals surface area contributed by atoms with Crippen molar-refractivity contribution in [3.63, 3.8) is 0 Å². The quantitative estimate of drug-likeness (QED) is 0.856. The molecule has 2 rings (SSSR count). The second-order valence-electron chi connectivity index (χ2n) is 5.22. The topological polar surface area (TPSA) is 49.3 Å². The van der Waals surface area contributed by atoms with Crippen LogP contribution >= 0.6 is 0 Å². The van der Waals surface area contributed by atoms with Crippen LogP contribution in [0.5, 0.6) is 0 Å². The number of nitrogens with one attached hydrogen (secondary N) is 1. The van der Waals surface area contributed by atoms with Gasteiger partial charge in [0.05, 0.1) is 0 Å². The summed E-state index contributed by atoms with van der Waals surface area (Å²) in [5.74, 6) is -0.472. The van der Waals surface area contributed by atoms with Gasteiger partial charge < -0.3 is 10.4 Å². The Morgan fingerprint density at radius 1 is 1.22 bits per heavy atom. The maximum atomic E-state index is 11.4. The van der Waals surface area contributed by atoms with Crippen LogP contribution in [0.1, 0.15) is 37.7 Å². The molecule has 2 N–H and O–H groups in total. The van der Waals surface area contributed by atoms with Gasteiger partial charge in [-0.15, -0.1) is 0 Å². The van der Waals surface area contributed by atoms with Crippen LogP contribution in [0.2, 0.25) is 0 Å². The van der Waals surface area contributed by atoms with Crippen molar-refractivity contribution in [1.29, 1.82) is 0 Å². The molecule has 1 unspecified atom stereocenters. The molecular formula is C15H21NO2. The van der Waals surface area contributed by atoms with Crippen molar-refractivity contribution in [3.8, 4) is 0 Å². The van der Waals surface area contributed by atoms with Gasteiger partial charge in [-0.3, -0.25) is 0 Å². The van der Waals surface area contributed by atoms with Crippen LogP contribution in [0.4, 0.5) is 5.69 Å². The van der Waals surface area contributed by atoms with Gasteiger partial charge in [0.25, 0.3) is 0 Å². The van der Waals surface area contributed by atoms with Crippen molar-refractivity contribution in [3.05, 3.63) is 29.8 Å². The van der Waals surface area contributed by atoms with E-state index < -0.39 is 12.0 Å². The van der Waals surface area contributed by atoms with E-state index in [0.29, 0.717) is 0 Å². The summed E-state index contributed by atoms with van der Waals surface area (Å²) in [5, 5.41) is 12.6. The monoisotopic (exact) mass is 247 g/mol. The molecule has 1 aromatic rings. The molecule has 3 nitrogen and oxygen atoms in total. The average Bonchev–Trinajstić information content (AvgIpc) is 2.38. The Labute approximate surface area is 108 Å². The Hall–Kier alpha value is -1.51. The van der Waals surface area contributed by atoms with Gasteiger partial charge in [0.15, 0.2) is 0 Å². The van der Waals surface area contributed by atoms with Gasteiger partial charge >= 0.3 is 5.97 Å². The molecule has 1 saturated carbocycles. The molecule has 1 aliphatic rings. The summed E-state index contributed by atoms with van der Waals surface area (Å²) in [6.07, 6.45) is 5.60. The van der Waals surface area contributed by atoms with E-state index in [4.69, 9.17) is 0 Å². The number of rotatable bonds is 4. The zero-order valence-electron chi connectivity index (χ0n) is 10.9. The number of benzene rings is 1.